The van der Waals surface area contributed by atoms with Gasteiger partial charge in [0.1, 0.15) is 5.69 Å². The van der Waals surface area contributed by atoms with Crippen LogP contribution in [0.4, 0.5) is 0 Å². The average molecular weight is 275 g/mol. The standard InChI is InChI=1S/C16H25N3O/c1-2-14(13-6-4-3-5-7-13)19-16(20)15-9-8-12(10-17)11-18-15/h8-9,11,13-14H,2-7,10,17H2,1H3,(H,19,20). The van der Waals surface area contributed by atoms with Gasteiger partial charge in [-0.05, 0) is 36.8 Å². The molecule has 1 aromatic heterocycles. The van der Waals surface area contributed by atoms with E-state index >= 15 is 0 Å². The summed E-state index contributed by atoms with van der Waals surface area (Å²) >= 11 is 0. The molecule has 1 aliphatic carbocycles. The van der Waals surface area contributed by atoms with E-state index in [0.717, 1.165) is 12.0 Å². The molecule has 1 aromatic rings. The van der Waals surface area contributed by atoms with E-state index in [1.807, 2.05) is 6.07 Å². The number of hydrogen-bond acceptors (Lipinski definition) is 3. The molecular formula is C16H25N3O. The van der Waals surface area contributed by atoms with Crippen molar-refractivity contribution in [1.29, 1.82) is 0 Å². The van der Waals surface area contributed by atoms with Gasteiger partial charge in [0.2, 0.25) is 0 Å². The first-order valence-corrected chi connectivity index (χ1v) is 7.70. The Morgan fingerprint density at radius 3 is 2.70 bits per heavy atom. The van der Waals surface area contributed by atoms with Gasteiger partial charge in [0.15, 0.2) is 0 Å². The highest BCUT2D eigenvalue weighted by atomic mass is 16.1. The summed E-state index contributed by atoms with van der Waals surface area (Å²) in [7, 11) is 0. The van der Waals surface area contributed by atoms with Gasteiger partial charge < -0.3 is 11.1 Å². The fourth-order valence-corrected chi connectivity index (χ4v) is 3.01. The lowest BCUT2D eigenvalue weighted by Gasteiger charge is -2.30. The molecule has 1 saturated carbocycles. The Hall–Kier alpha value is -1.42. The molecule has 1 aliphatic rings. The number of carbonyl (C=O) groups is 1. The number of amides is 1. The first-order chi connectivity index (χ1) is 9.74. The van der Waals surface area contributed by atoms with Gasteiger partial charge in [-0.25, -0.2) is 0 Å². The topological polar surface area (TPSA) is 68.0 Å². The number of aromatic nitrogens is 1. The van der Waals surface area contributed by atoms with Crippen LogP contribution in [0, 0.1) is 5.92 Å². The predicted molar refractivity (Wildman–Crippen MR) is 80.2 cm³/mol. The number of hydrogen-bond donors (Lipinski definition) is 2. The highest BCUT2D eigenvalue weighted by Gasteiger charge is 2.24. The van der Waals surface area contributed by atoms with Crippen molar-refractivity contribution in [2.45, 2.75) is 58.0 Å². The van der Waals surface area contributed by atoms with E-state index in [1.165, 1.54) is 32.1 Å². The molecule has 1 heterocycles. The third-order valence-electron chi connectivity index (χ3n) is 4.27. The summed E-state index contributed by atoms with van der Waals surface area (Å²) in [5.41, 5.74) is 6.96. The summed E-state index contributed by atoms with van der Waals surface area (Å²) < 4.78 is 0. The van der Waals surface area contributed by atoms with Crippen LogP contribution in [0.25, 0.3) is 0 Å². The average Bonchev–Trinajstić information content (AvgIpc) is 2.53. The predicted octanol–water partition coefficient (Wildman–Crippen LogP) is 2.63. The molecule has 110 valence electrons. The molecule has 0 spiro atoms. The lowest BCUT2D eigenvalue weighted by Crippen LogP contribution is -2.41. The van der Waals surface area contributed by atoms with Crippen molar-refractivity contribution in [1.82, 2.24) is 10.3 Å². The fraction of sp³-hybridized carbons (Fsp3) is 0.625. The first kappa shape index (κ1) is 15.0. The van der Waals surface area contributed by atoms with Gasteiger partial charge in [-0.3, -0.25) is 9.78 Å². The van der Waals surface area contributed by atoms with Crippen LogP contribution in [0.3, 0.4) is 0 Å². The van der Waals surface area contributed by atoms with Crippen molar-refractivity contribution in [3.05, 3.63) is 29.6 Å². The van der Waals surface area contributed by atoms with Crippen LogP contribution >= 0.6 is 0 Å². The number of rotatable bonds is 5. The van der Waals surface area contributed by atoms with Crippen molar-refractivity contribution >= 4 is 5.91 Å². The molecule has 0 radical (unpaired) electrons. The Balaban J connectivity index is 1.96. The Bertz CT molecular complexity index is 424. The van der Waals surface area contributed by atoms with E-state index in [-0.39, 0.29) is 11.9 Å². The Morgan fingerprint density at radius 2 is 2.15 bits per heavy atom. The Labute approximate surface area is 121 Å². The maximum atomic E-state index is 12.3. The second kappa shape index (κ2) is 7.39. The first-order valence-electron chi connectivity index (χ1n) is 7.70. The van der Waals surface area contributed by atoms with Crippen LogP contribution in [0.1, 0.15) is 61.5 Å². The van der Waals surface area contributed by atoms with Crippen molar-refractivity contribution in [3.8, 4) is 0 Å². The maximum absolute atomic E-state index is 12.3. The number of nitrogens with zero attached hydrogens (tertiary/aromatic N) is 1. The van der Waals surface area contributed by atoms with Crippen LogP contribution in [-0.2, 0) is 6.54 Å². The SMILES string of the molecule is CCC(NC(=O)c1ccc(CN)cn1)C1CCCCC1. The van der Waals surface area contributed by atoms with Gasteiger partial charge in [0, 0.05) is 18.8 Å². The zero-order valence-corrected chi connectivity index (χ0v) is 12.3. The van der Waals surface area contributed by atoms with Crippen molar-refractivity contribution in [2.24, 2.45) is 11.7 Å². The molecule has 2 rings (SSSR count). The lowest BCUT2D eigenvalue weighted by atomic mass is 9.83. The minimum absolute atomic E-state index is 0.0639. The quantitative estimate of drug-likeness (QED) is 0.868. The highest BCUT2D eigenvalue weighted by molar-refractivity contribution is 5.92. The highest BCUT2D eigenvalue weighted by Crippen LogP contribution is 2.27. The van der Waals surface area contributed by atoms with E-state index in [1.54, 1.807) is 12.3 Å². The van der Waals surface area contributed by atoms with Gasteiger partial charge >= 0.3 is 0 Å². The van der Waals surface area contributed by atoms with Crippen LogP contribution in [-0.4, -0.2) is 16.9 Å². The molecule has 0 aliphatic heterocycles. The van der Waals surface area contributed by atoms with Crippen LogP contribution in [0.2, 0.25) is 0 Å². The molecular weight excluding hydrogens is 250 g/mol. The minimum Gasteiger partial charge on any atom is -0.348 e. The van der Waals surface area contributed by atoms with E-state index in [9.17, 15) is 4.79 Å². The largest absolute Gasteiger partial charge is 0.348 e. The third-order valence-corrected chi connectivity index (χ3v) is 4.27. The molecule has 1 amide bonds. The molecule has 1 fully saturated rings. The van der Waals surface area contributed by atoms with E-state index < -0.39 is 0 Å². The van der Waals surface area contributed by atoms with Crippen molar-refractivity contribution < 1.29 is 4.79 Å². The third kappa shape index (κ3) is 3.79. The molecule has 0 aromatic carbocycles. The van der Waals surface area contributed by atoms with Gasteiger partial charge in [-0.15, -0.1) is 0 Å². The lowest BCUT2D eigenvalue weighted by molar-refractivity contribution is 0.0906. The monoisotopic (exact) mass is 275 g/mol. The van der Waals surface area contributed by atoms with Crippen LogP contribution in [0.5, 0.6) is 0 Å². The zero-order valence-electron chi connectivity index (χ0n) is 12.3. The zero-order chi connectivity index (χ0) is 14.4. The van der Waals surface area contributed by atoms with Crippen LogP contribution < -0.4 is 11.1 Å². The number of pyridine rings is 1. The fourth-order valence-electron chi connectivity index (χ4n) is 3.01. The molecule has 4 nitrogen and oxygen atoms in total. The molecule has 1 unspecified atom stereocenters. The minimum atomic E-state index is -0.0639. The van der Waals surface area contributed by atoms with E-state index in [4.69, 9.17) is 5.73 Å². The summed E-state index contributed by atoms with van der Waals surface area (Å²) in [6.07, 6.45) is 9.05. The van der Waals surface area contributed by atoms with Gasteiger partial charge in [-0.1, -0.05) is 32.3 Å². The van der Waals surface area contributed by atoms with E-state index in [2.05, 4.69) is 17.2 Å². The smallest absolute Gasteiger partial charge is 0.270 e. The molecule has 1 atom stereocenters. The molecule has 3 N–H and O–H groups in total. The molecule has 0 saturated heterocycles. The van der Waals surface area contributed by atoms with Gasteiger partial charge in [0.05, 0.1) is 0 Å². The molecule has 20 heavy (non-hydrogen) atoms. The summed E-state index contributed by atoms with van der Waals surface area (Å²) in [5.74, 6) is 0.562. The second-order valence-electron chi connectivity index (χ2n) is 5.64. The Morgan fingerprint density at radius 1 is 1.40 bits per heavy atom. The summed E-state index contributed by atoms with van der Waals surface area (Å²) in [5, 5.41) is 3.16. The number of nitrogens with one attached hydrogen (secondary N) is 1. The summed E-state index contributed by atoms with van der Waals surface area (Å²) in [6.45, 7) is 2.60. The maximum Gasteiger partial charge on any atom is 0.270 e. The van der Waals surface area contributed by atoms with Gasteiger partial charge in [-0.2, -0.15) is 0 Å². The van der Waals surface area contributed by atoms with Crippen molar-refractivity contribution in [3.63, 3.8) is 0 Å². The second-order valence-corrected chi connectivity index (χ2v) is 5.64. The molecule has 4 heteroatoms. The normalized spacial score (nSPS) is 17.7. The van der Waals surface area contributed by atoms with Crippen molar-refractivity contribution in [2.75, 3.05) is 0 Å². The van der Waals surface area contributed by atoms with Crippen LogP contribution in [0.15, 0.2) is 18.3 Å². The van der Waals surface area contributed by atoms with E-state index in [0.29, 0.717) is 18.2 Å². The Kier molecular flexibility index (Phi) is 5.53. The molecule has 0 bridgehead atoms. The summed E-state index contributed by atoms with van der Waals surface area (Å²) in [6, 6.07) is 3.90. The van der Waals surface area contributed by atoms with Gasteiger partial charge in [0.25, 0.3) is 5.91 Å². The number of carbonyl (C=O) groups excluding carboxylic acids is 1. The number of nitrogens with two attached hydrogens (primary N) is 1. The summed E-state index contributed by atoms with van der Waals surface area (Å²) in [4.78, 5) is 16.4.